The van der Waals surface area contributed by atoms with Gasteiger partial charge in [-0.25, -0.2) is 9.29 Å². The number of benzene rings is 1. The Hall–Kier alpha value is -1.97. The van der Waals surface area contributed by atoms with E-state index in [-0.39, 0.29) is 34.8 Å². The van der Waals surface area contributed by atoms with Gasteiger partial charge in [0.2, 0.25) is 12.3 Å². The van der Waals surface area contributed by atoms with E-state index in [2.05, 4.69) is 19.1 Å². The van der Waals surface area contributed by atoms with Gasteiger partial charge in [-0.05, 0) is 48.1 Å². The van der Waals surface area contributed by atoms with Gasteiger partial charge < -0.3 is 0 Å². The summed E-state index contributed by atoms with van der Waals surface area (Å²) in [6.45, 7) is 2.08. The molecule has 0 saturated heterocycles. The molecule has 22 heavy (non-hydrogen) atoms. The standard InChI is InChI=1S/C18H18FNO2/c1-11-12-6-7-13(18(12)8-9-18)16(11)17(22)20(10-21)15-5-3-2-4-14(15)19/h2-7,10-13,16H,8-9H2,1H3/t11-,12-,13-,16-/m1/s1. The Labute approximate surface area is 128 Å². The molecule has 2 bridgehead atoms. The van der Waals surface area contributed by atoms with Crippen molar-refractivity contribution in [3.05, 3.63) is 42.2 Å². The molecule has 0 N–H and O–H groups in total. The van der Waals surface area contributed by atoms with Gasteiger partial charge in [-0.2, -0.15) is 0 Å². The van der Waals surface area contributed by atoms with E-state index in [0.29, 0.717) is 12.3 Å². The molecule has 1 aromatic rings. The molecule has 2 amide bonds. The summed E-state index contributed by atoms with van der Waals surface area (Å²) in [7, 11) is 0. The molecule has 2 fully saturated rings. The quantitative estimate of drug-likeness (QED) is 0.635. The van der Waals surface area contributed by atoms with Crippen molar-refractivity contribution in [2.45, 2.75) is 19.8 Å². The molecule has 1 spiro atoms. The van der Waals surface area contributed by atoms with Gasteiger partial charge in [-0.15, -0.1) is 0 Å². The van der Waals surface area contributed by atoms with Crippen LogP contribution in [0.4, 0.5) is 10.1 Å². The number of nitrogens with zero attached hydrogens (tertiary/aromatic N) is 1. The minimum Gasteiger partial charge on any atom is -0.278 e. The average Bonchev–Trinajstić information content (AvgIpc) is 3.17. The van der Waals surface area contributed by atoms with Crippen molar-refractivity contribution in [3.63, 3.8) is 0 Å². The highest BCUT2D eigenvalue weighted by Gasteiger charge is 2.67. The second-order valence-corrected chi connectivity index (χ2v) is 6.82. The number of hydrogen-bond donors (Lipinski definition) is 0. The predicted octanol–water partition coefficient (Wildman–Crippen LogP) is 3.16. The monoisotopic (exact) mass is 299 g/mol. The molecule has 3 aliphatic carbocycles. The van der Waals surface area contributed by atoms with Crippen molar-refractivity contribution in [1.29, 1.82) is 0 Å². The van der Waals surface area contributed by atoms with Crippen molar-refractivity contribution in [2.75, 3.05) is 4.90 Å². The summed E-state index contributed by atoms with van der Waals surface area (Å²) >= 11 is 0. The fourth-order valence-corrected chi connectivity index (χ4v) is 4.80. The van der Waals surface area contributed by atoms with Crippen LogP contribution in [0.5, 0.6) is 0 Å². The van der Waals surface area contributed by atoms with Crippen LogP contribution in [0.1, 0.15) is 19.8 Å². The van der Waals surface area contributed by atoms with Crippen LogP contribution in [0.15, 0.2) is 36.4 Å². The third kappa shape index (κ3) is 1.61. The van der Waals surface area contributed by atoms with Crippen molar-refractivity contribution in [3.8, 4) is 0 Å². The van der Waals surface area contributed by atoms with Crippen molar-refractivity contribution in [1.82, 2.24) is 0 Å². The van der Waals surface area contributed by atoms with Gasteiger partial charge in [0.25, 0.3) is 0 Å². The van der Waals surface area contributed by atoms with Crippen LogP contribution >= 0.6 is 0 Å². The lowest BCUT2D eigenvalue weighted by molar-refractivity contribution is -0.127. The number of anilines is 1. The van der Waals surface area contributed by atoms with Crippen LogP contribution in [0.3, 0.4) is 0 Å². The highest BCUT2D eigenvalue weighted by molar-refractivity contribution is 6.08. The Morgan fingerprint density at radius 1 is 1.27 bits per heavy atom. The molecule has 3 nitrogen and oxygen atoms in total. The van der Waals surface area contributed by atoms with Gasteiger partial charge in [0.05, 0.1) is 5.69 Å². The first-order valence-electron chi connectivity index (χ1n) is 7.81. The molecule has 114 valence electrons. The van der Waals surface area contributed by atoms with Gasteiger partial charge in [0, 0.05) is 5.92 Å². The lowest BCUT2D eigenvalue weighted by Gasteiger charge is -2.27. The molecule has 0 aromatic heterocycles. The Balaban J connectivity index is 1.68. The second-order valence-electron chi connectivity index (χ2n) is 6.82. The normalized spacial score (nSPS) is 33.2. The number of halogens is 1. The van der Waals surface area contributed by atoms with Gasteiger partial charge >= 0.3 is 0 Å². The molecule has 4 heteroatoms. The van der Waals surface area contributed by atoms with Crippen molar-refractivity contribution >= 4 is 18.0 Å². The minimum atomic E-state index is -0.546. The number of hydrogen-bond acceptors (Lipinski definition) is 2. The first-order chi connectivity index (χ1) is 10.6. The van der Waals surface area contributed by atoms with E-state index in [1.165, 1.54) is 12.1 Å². The van der Waals surface area contributed by atoms with E-state index in [1.807, 2.05) is 0 Å². The number of allylic oxidation sites excluding steroid dienone is 2. The zero-order valence-electron chi connectivity index (χ0n) is 12.4. The van der Waals surface area contributed by atoms with E-state index in [0.717, 1.165) is 17.7 Å². The maximum Gasteiger partial charge on any atom is 0.237 e. The van der Waals surface area contributed by atoms with Crippen LogP contribution in [0.2, 0.25) is 0 Å². The molecule has 0 radical (unpaired) electrons. The Bertz CT molecular complexity index is 679. The maximum absolute atomic E-state index is 14.0. The Kier molecular flexibility index (Phi) is 2.80. The largest absolute Gasteiger partial charge is 0.278 e. The molecule has 0 aliphatic heterocycles. The number of carbonyl (C=O) groups is 2. The lowest BCUT2D eigenvalue weighted by Crippen LogP contribution is -2.40. The molecule has 3 aliphatic rings. The summed E-state index contributed by atoms with van der Waals surface area (Å²) in [6, 6.07) is 5.93. The van der Waals surface area contributed by atoms with E-state index in [1.54, 1.807) is 12.1 Å². The van der Waals surface area contributed by atoms with Crippen LogP contribution in [-0.2, 0) is 9.59 Å². The molecular formula is C18H18FNO2. The summed E-state index contributed by atoms with van der Waals surface area (Å²) in [5.74, 6) is -0.192. The van der Waals surface area contributed by atoms with E-state index in [9.17, 15) is 14.0 Å². The smallest absolute Gasteiger partial charge is 0.237 e. The Morgan fingerprint density at radius 3 is 2.55 bits per heavy atom. The second kappa shape index (κ2) is 4.51. The summed E-state index contributed by atoms with van der Waals surface area (Å²) in [5.41, 5.74) is 0.301. The molecule has 0 unspecified atom stereocenters. The van der Waals surface area contributed by atoms with E-state index in [4.69, 9.17) is 0 Å². The lowest BCUT2D eigenvalue weighted by atomic mass is 9.83. The summed E-state index contributed by atoms with van der Waals surface area (Å²) in [6.07, 6.45) is 7.14. The van der Waals surface area contributed by atoms with Crippen molar-refractivity contribution in [2.24, 2.45) is 29.1 Å². The molecule has 4 atom stereocenters. The van der Waals surface area contributed by atoms with Gasteiger partial charge in [0.1, 0.15) is 5.82 Å². The summed E-state index contributed by atoms with van der Waals surface area (Å²) < 4.78 is 14.0. The fourth-order valence-electron chi connectivity index (χ4n) is 4.80. The van der Waals surface area contributed by atoms with Crippen LogP contribution in [0, 0.1) is 34.9 Å². The topological polar surface area (TPSA) is 37.4 Å². The minimum absolute atomic E-state index is 0.0475. The zero-order chi connectivity index (χ0) is 15.5. The highest BCUT2D eigenvalue weighted by atomic mass is 19.1. The zero-order valence-corrected chi connectivity index (χ0v) is 12.4. The number of imide groups is 1. The number of amides is 2. The Morgan fingerprint density at radius 2 is 1.95 bits per heavy atom. The van der Waals surface area contributed by atoms with E-state index >= 15 is 0 Å². The number of para-hydroxylation sites is 1. The molecule has 1 aromatic carbocycles. The molecule has 4 rings (SSSR count). The van der Waals surface area contributed by atoms with Gasteiger partial charge in [0.15, 0.2) is 0 Å². The third-order valence-electron chi connectivity index (χ3n) is 5.94. The van der Waals surface area contributed by atoms with Crippen LogP contribution in [0.25, 0.3) is 0 Å². The molecule has 0 heterocycles. The third-order valence-corrected chi connectivity index (χ3v) is 5.94. The van der Waals surface area contributed by atoms with Gasteiger partial charge in [-0.1, -0.05) is 31.2 Å². The molecule has 2 saturated carbocycles. The SMILES string of the molecule is C[C@H]1[C@@H](C(=O)N(C=O)c2ccccc2F)[C@H]2C=C[C@H]1C21CC1. The maximum atomic E-state index is 14.0. The van der Waals surface area contributed by atoms with Gasteiger partial charge in [-0.3, -0.25) is 9.59 Å². The van der Waals surface area contributed by atoms with Crippen LogP contribution < -0.4 is 4.90 Å². The molecular weight excluding hydrogens is 281 g/mol. The predicted molar refractivity (Wildman–Crippen MR) is 80.4 cm³/mol. The van der Waals surface area contributed by atoms with E-state index < -0.39 is 5.82 Å². The number of carbonyl (C=O) groups excluding carboxylic acids is 2. The summed E-state index contributed by atoms with van der Waals surface area (Å²) in [4.78, 5) is 25.4. The van der Waals surface area contributed by atoms with Crippen molar-refractivity contribution < 1.29 is 14.0 Å². The number of rotatable bonds is 3. The first kappa shape index (κ1) is 13.7. The summed E-state index contributed by atoms with van der Waals surface area (Å²) in [5, 5.41) is 0. The van der Waals surface area contributed by atoms with Crippen LogP contribution in [-0.4, -0.2) is 12.3 Å². The first-order valence-corrected chi connectivity index (χ1v) is 7.81. The highest BCUT2D eigenvalue weighted by Crippen LogP contribution is 2.72. The fraction of sp³-hybridized carbons (Fsp3) is 0.444. The average molecular weight is 299 g/mol.